The number of nitriles is 2. The average molecular weight is 170 g/mol. The number of rotatable bonds is 2. The maximum Gasteiger partial charge on any atom is 0.133 e. The third-order valence-corrected chi connectivity index (χ3v) is 3.82. The first-order valence-corrected chi connectivity index (χ1v) is 4.54. The quantitative estimate of drug-likeness (QED) is 0.594. The van der Waals surface area contributed by atoms with E-state index in [9.17, 15) is 0 Å². The number of nitrogens with zero attached hydrogens (tertiary/aromatic N) is 2. The molecule has 0 heterocycles. The summed E-state index contributed by atoms with van der Waals surface area (Å²) >= 11 is 2.56. The minimum absolute atomic E-state index is 0.0646. The molecular formula is C6H6N2S2. The number of thioether (sulfide) groups is 2. The summed E-state index contributed by atoms with van der Waals surface area (Å²) in [7, 11) is 0. The second kappa shape index (κ2) is 2.74. The molecule has 1 aliphatic rings. The molecule has 0 N–H and O–H groups in total. The molecule has 2 unspecified atom stereocenters. The van der Waals surface area contributed by atoms with Gasteiger partial charge in [0.05, 0.1) is 0 Å². The molecule has 0 radical (unpaired) electrons. The highest BCUT2D eigenvalue weighted by Crippen LogP contribution is 2.54. The molecule has 0 aliphatic heterocycles. The van der Waals surface area contributed by atoms with Crippen LogP contribution < -0.4 is 0 Å². The average Bonchev–Trinajstić information content (AvgIpc) is 2.44. The first-order valence-electron chi connectivity index (χ1n) is 2.85. The lowest BCUT2D eigenvalue weighted by atomic mass is 10.5. The van der Waals surface area contributed by atoms with Crippen molar-refractivity contribution < 1.29 is 0 Å². The van der Waals surface area contributed by atoms with E-state index >= 15 is 0 Å². The summed E-state index contributed by atoms with van der Waals surface area (Å²) in [4.78, 5) is 0. The fraction of sp³-hybridized carbons (Fsp3) is 0.667. The lowest BCUT2D eigenvalue weighted by Crippen LogP contribution is -1.97. The molecule has 1 rings (SSSR count). The molecular weight excluding hydrogens is 164 g/mol. The van der Waals surface area contributed by atoms with Crippen LogP contribution in [0.15, 0.2) is 0 Å². The van der Waals surface area contributed by atoms with Gasteiger partial charge in [0.25, 0.3) is 0 Å². The maximum absolute atomic E-state index is 8.35. The fourth-order valence-corrected chi connectivity index (χ4v) is 2.54. The Morgan fingerprint density at radius 2 is 2.20 bits per heavy atom. The summed E-state index contributed by atoms with van der Waals surface area (Å²) in [5.74, 6) is 0. The van der Waals surface area contributed by atoms with Crippen molar-refractivity contribution in [3.8, 4) is 10.8 Å². The Bertz CT molecular complexity index is 215. The standard InChI is InChI=1S/C6H6N2S2/c1-6(10-4-8)2-5(6)9-3-7/h5H,2H2,1H3. The van der Waals surface area contributed by atoms with Gasteiger partial charge in [0, 0.05) is 10.00 Å². The first-order chi connectivity index (χ1) is 4.73. The van der Waals surface area contributed by atoms with Gasteiger partial charge in [-0.3, -0.25) is 0 Å². The third kappa shape index (κ3) is 1.39. The number of hydrogen-bond donors (Lipinski definition) is 0. The molecule has 1 aliphatic carbocycles. The van der Waals surface area contributed by atoms with Gasteiger partial charge in [-0.25, -0.2) is 0 Å². The van der Waals surface area contributed by atoms with E-state index in [2.05, 4.69) is 5.40 Å². The van der Waals surface area contributed by atoms with E-state index in [1.165, 1.54) is 23.5 Å². The van der Waals surface area contributed by atoms with Crippen molar-refractivity contribution in [3.05, 3.63) is 0 Å². The monoisotopic (exact) mass is 170 g/mol. The number of hydrogen-bond acceptors (Lipinski definition) is 4. The van der Waals surface area contributed by atoms with Crippen LogP contribution in [0.5, 0.6) is 0 Å². The predicted octanol–water partition coefficient (Wildman–Crippen LogP) is 1.95. The van der Waals surface area contributed by atoms with Gasteiger partial charge in [0.2, 0.25) is 0 Å². The summed E-state index contributed by atoms with van der Waals surface area (Å²) in [6.45, 7) is 2.02. The number of thiocyanates is 2. The molecule has 52 valence electrons. The van der Waals surface area contributed by atoms with Crippen LogP contribution in [0.1, 0.15) is 13.3 Å². The Balaban J connectivity index is 2.36. The highest BCUT2D eigenvalue weighted by molar-refractivity contribution is 8.09. The van der Waals surface area contributed by atoms with Crippen molar-refractivity contribution in [3.63, 3.8) is 0 Å². The van der Waals surface area contributed by atoms with Gasteiger partial charge < -0.3 is 0 Å². The van der Waals surface area contributed by atoms with Gasteiger partial charge in [0.15, 0.2) is 0 Å². The third-order valence-electron chi connectivity index (χ3n) is 1.59. The smallest absolute Gasteiger partial charge is 0.133 e. The second-order valence-corrected chi connectivity index (χ2v) is 4.71. The Hall–Kier alpha value is -0.320. The SMILES string of the molecule is CC1(SC#N)CC1SC#N. The molecule has 0 aromatic rings. The topological polar surface area (TPSA) is 47.6 Å². The van der Waals surface area contributed by atoms with Crippen LogP contribution in [-0.2, 0) is 0 Å². The van der Waals surface area contributed by atoms with E-state index in [1.807, 2.05) is 12.3 Å². The fourth-order valence-electron chi connectivity index (χ4n) is 0.751. The van der Waals surface area contributed by atoms with E-state index in [1.54, 1.807) is 0 Å². The summed E-state index contributed by atoms with van der Waals surface area (Å²) in [5.41, 5.74) is 0. The molecule has 1 saturated carbocycles. The van der Waals surface area contributed by atoms with Gasteiger partial charge >= 0.3 is 0 Å². The van der Waals surface area contributed by atoms with E-state index < -0.39 is 0 Å². The van der Waals surface area contributed by atoms with E-state index in [0.717, 1.165) is 6.42 Å². The van der Waals surface area contributed by atoms with Gasteiger partial charge in [-0.15, -0.1) is 0 Å². The maximum atomic E-state index is 8.35. The van der Waals surface area contributed by atoms with Gasteiger partial charge in [-0.2, -0.15) is 10.5 Å². The zero-order valence-corrected chi connectivity index (χ0v) is 7.13. The van der Waals surface area contributed by atoms with Crippen LogP contribution in [0.4, 0.5) is 0 Å². The van der Waals surface area contributed by atoms with Crippen LogP contribution >= 0.6 is 23.5 Å². The van der Waals surface area contributed by atoms with Crippen LogP contribution in [0, 0.1) is 21.3 Å². The van der Waals surface area contributed by atoms with Crippen LogP contribution in [-0.4, -0.2) is 10.00 Å². The minimum atomic E-state index is 0.0646. The van der Waals surface area contributed by atoms with E-state index in [-0.39, 0.29) is 4.75 Å². The molecule has 0 aromatic heterocycles. The minimum Gasteiger partial charge on any atom is -0.185 e. The Labute approximate surface area is 68.6 Å². The molecule has 2 nitrogen and oxygen atoms in total. The second-order valence-electron chi connectivity index (χ2n) is 2.41. The molecule has 0 spiro atoms. The lowest BCUT2D eigenvalue weighted by molar-refractivity contribution is 1.06. The molecule has 2 atom stereocenters. The van der Waals surface area contributed by atoms with Crippen molar-refractivity contribution in [2.45, 2.75) is 23.3 Å². The molecule has 10 heavy (non-hydrogen) atoms. The Morgan fingerprint density at radius 3 is 2.70 bits per heavy atom. The zero-order chi connectivity index (χ0) is 7.61. The molecule has 4 heteroatoms. The van der Waals surface area contributed by atoms with Crippen LogP contribution in [0.3, 0.4) is 0 Å². The van der Waals surface area contributed by atoms with Crippen LogP contribution in [0.2, 0.25) is 0 Å². The lowest BCUT2D eigenvalue weighted by Gasteiger charge is -1.98. The van der Waals surface area contributed by atoms with E-state index in [4.69, 9.17) is 10.5 Å². The van der Waals surface area contributed by atoms with Crippen LogP contribution in [0.25, 0.3) is 0 Å². The van der Waals surface area contributed by atoms with Gasteiger partial charge in [-0.1, -0.05) is 0 Å². The molecule has 0 bridgehead atoms. The van der Waals surface area contributed by atoms with Gasteiger partial charge in [-0.05, 0) is 36.9 Å². The highest BCUT2D eigenvalue weighted by Gasteiger charge is 2.51. The normalized spacial score (nSPS) is 36.1. The summed E-state index contributed by atoms with van der Waals surface area (Å²) in [6.07, 6.45) is 0.990. The summed E-state index contributed by atoms with van der Waals surface area (Å²) < 4.78 is 0.0646. The zero-order valence-electron chi connectivity index (χ0n) is 5.50. The first kappa shape index (κ1) is 7.78. The summed E-state index contributed by atoms with van der Waals surface area (Å²) in [6, 6.07) is 0. The van der Waals surface area contributed by atoms with Crippen molar-refractivity contribution in [2.75, 3.05) is 0 Å². The molecule has 0 aromatic carbocycles. The van der Waals surface area contributed by atoms with Gasteiger partial charge in [0.1, 0.15) is 10.8 Å². The van der Waals surface area contributed by atoms with Crippen molar-refractivity contribution in [1.82, 2.24) is 0 Å². The largest absolute Gasteiger partial charge is 0.185 e. The predicted molar refractivity (Wildman–Crippen MR) is 43.2 cm³/mol. The van der Waals surface area contributed by atoms with Crippen molar-refractivity contribution in [2.24, 2.45) is 0 Å². The van der Waals surface area contributed by atoms with Crippen molar-refractivity contribution in [1.29, 1.82) is 10.5 Å². The molecule has 0 saturated heterocycles. The Morgan fingerprint density at radius 1 is 1.50 bits per heavy atom. The highest BCUT2D eigenvalue weighted by atomic mass is 32.2. The summed E-state index contributed by atoms with van der Waals surface area (Å²) in [5, 5.41) is 21.1. The molecule has 0 amide bonds. The van der Waals surface area contributed by atoms with E-state index in [0.29, 0.717) is 5.25 Å². The van der Waals surface area contributed by atoms with Crippen molar-refractivity contribution >= 4 is 23.5 Å². The molecule has 1 fully saturated rings. The Kier molecular flexibility index (Phi) is 2.13.